The molecule has 0 aliphatic heterocycles. The summed E-state index contributed by atoms with van der Waals surface area (Å²) in [5, 5.41) is 18.6. The average Bonchev–Trinajstić information content (AvgIpc) is 3.03. The zero-order chi connectivity index (χ0) is 18.5. The summed E-state index contributed by atoms with van der Waals surface area (Å²) in [4.78, 5) is 0. The molecular formula is C20H20N4OS. The molecule has 5 nitrogen and oxygen atoms in total. The molecule has 3 aromatic rings. The van der Waals surface area contributed by atoms with E-state index in [4.69, 9.17) is 4.74 Å². The predicted octanol–water partition coefficient (Wildman–Crippen LogP) is 4.03. The number of ether oxygens (including phenoxy) is 1. The first kappa shape index (κ1) is 18.0. The Morgan fingerprint density at radius 2 is 1.81 bits per heavy atom. The summed E-state index contributed by atoms with van der Waals surface area (Å²) in [5.41, 5.74) is 3.32. The van der Waals surface area contributed by atoms with Gasteiger partial charge in [0.1, 0.15) is 11.0 Å². The van der Waals surface area contributed by atoms with Gasteiger partial charge in [-0.05, 0) is 43.2 Å². The lowest BCUT2D eigenvalue weighted by Crippen LogP contribution is -2.06. The Hall–Kier alpha value is -2.78. The Kier molecular flexibility index (Phi) is 5.59. The molecule has 0 saturated carbocycles. The molecule has 6 heteroatoms. The largest absolute Gasteiger partial charge is 0.497 e. The van der Waals surface area contributed by atoms with Crippen LogP contribution in [0.1, 0.15) is 11.1 Å². The smallest absolute Gasteiger partial charge is 0.192 e. The molecule has 1 atom stereocenters. The fourth-order valence-electron chi connectivity index (χ4n) is 2.59. The molecular weight excluding hydrogens is 344 g/mol. The molecule has 0 fully saturated rings. The van der Waals surface area contributed by atoms with E-state index >= 15 is 0 Å². The van der Waals surface area contributed by atoms with Crippen LogP contribution in [0.15, 0.2) is 53.7 Å². The zero-order valence-electron chi connectivity index (χ0n) is 15.0. The van der Waals surface area contributed by atoms with Gasteiger partial charge in [0, 0.05) is 12.6 Å². The van der Waals surface area contributed by atoms with E-state index in [1.54, 1.807) is 7.11 Å². The number of thioether (sulfide) groups is 1. The van der Waals surface area contributed by atoms with Gasteiger partial charge in [-0.15, -0.1) is 10.2 Å². The van der Waals surface area contributed by atoms with E-state index < -0.39 is 0 Å². The van der Waals surface area contributed by atoms with E-state index in [0.29, 0.717) is 6.42 Å². The van der Waals surface area contributed by atoms with Gasteiger partial charge in [-0.3, -0.25) is 0 Å². The Morgan fingerprint density at radius 1 is 1.12 bits per heavy atom. The van der Waals surface area contributed by atoms with Crippen molar-refractivity contribution in [3.8, 4) is 23.2 Å². The van der Waals surface area contributed by atoms with Gasteiger partial charge in [0.25, 0.3) is 0 Å². The van der Waals surface area contributed by atoms with Crippen LogP contribution in [-0.4, -0.2) is 27.1 Å². The van der Waals surface area contributed by atoms with E-state index in [2.05, 4.69) is 47.5 Å². The second kappa shape index (κ2) is 8.07. The van der Waals surface area contributed by atoms with E-state index in [-0.39, 0.29) is 5.25 Å². The summed E-state index contributed by atoms with van der Waals surface area (Å²) in [6.45, 7) is 2.06. The van der Waals surface area contributed by atoms with Gasteiger partial charge in [-0.25, -0.2) is 0 Å². The quantitative estimate of drug-likeness (QED) is 0.618. The highest BCUT2D eigenvalue weighted by atomic mass is 32.2. The SMILES string of the molecule is COc1ccc(-c2nnc(SC(C#N)Cc3ccc(C)cc3)n2C)cc1. The number of benzene rings is 2. The third kappa shape index (κ3) is 4.06. The van der Waals surface area contributed by atoms with Crippen LogP contribution in [0.25, 0.3) is 11.4 Å². The first-order valence-electron chi connectivity index (χ1n) is 8.26. The van der Waals surface area contributed by atoms with Crippen LogP contribution in [0, 0.1) is 18.3 Å². The molecule has 2 aromatic carbocycles. The van der Waals surface area contributed by atoms with E-state index in [9.17, 15) is 5.26 Å². The van der Waals surface area contributed by atoms with Crippen LogP contribution < -0.4 is 4.74 Å². The summed E-state index contributed by atoms with van der Waals surface area (Å²) < 4.78 is 7.11. The molecule has 0 saturated heterocycles. The molecule has 1 heterocycles. The maximum absolute atomic E-state index is 9.53. The Bertz CT molecular complexity index is 910. The number of rotatable bonds is 6. The minimum absolute atomic E-state index is 0.218. The van der Waals surface area contributed by atoms with Gasteiger partial charge in [-0.2, -0.15) is 5.26 Å². The summed E-state index contributed by atoms with van der Waals surface area (Å²) in [6.07, 6.45) is 0.673. The summed E-state index contributed by atoms with van der Waals surface area (Å²) in [5.74, 6) is 1.57. The molecule has 0 N–H and O–H groups in total. The minimum Gasteiger partial charge on any atom is -0.497 e. The predicted molar refractivity (Wildman–Crippen MR) is 103 cm³/mol. The van der Waals surface area contributed by atoms with Crippen molar-refractivity contribution < 1.29 is 4.74 Å². The standard InChI is InChI=1S/C20H20N4OS/c1-14-4-6-15(7-5-14)12-18(13-21)26-20-23-22-19(24(20)2)16-8-10-17(25-3)11-9-16/h4-11,18H,12H2,1-3H3. The van der Waals surface area contributed by atoms with Crippen molar-refractivity contribution in [3.63, 3.8) is 0 Å². The normalized spacial score (nSPS) is 11.8. The molecule has 0 bridgehead atoms. The van der Waals surface area contributed by atoms with Gasteiger partial charge < -0.3 is 9.30 Å². The van der Waals surface area contributed by atoms with Crippen molar-refractivity contribution in [2.75, 3.05) is 7.11 Å². The monoisotopic (exact) mass is 364 g/mol. The third-order valence-corrected chi connectivity index (χ3v) is 5.24. The highest BCUT2D eigenvalue weighted by Gasteiger charge is 2.17. The number of nitriles is 1. The number of hydrogen-bond acceptors (Lipinski definition) is 5. The van der Waals surface area contributed by atoms with Crippen molar-refractivity contribution >= 4 is 11.8 Å². The molecule has 0 spiro atoms. The number of aryl methyl sites for hydroxylation is 1. The Morgan fingerprint density at radius 3 is 2.42 bits per heavy atom. The lowest BCUT2D eigenvalue weighted by molar-refractivity contribution is 0.415. The van der Waals surface area contributed by atoms with E-state index in [0.717, 1.165) is 27.9 Å². The van der Waals surface area contributed by atoms with Gasteiger partial charge in [0.2, 0.25) is 0 Å². The molecule has 0 radical (unpaired) electrons. The number of aromatic nitrogens is 3. The number of nitrogens with zero attached hydrogens (tertiary/aromatic N) is 4. The van der Waals surface area contributed by atoms with Crippen LogP contribution in [0.4, 0.5) is 0 Å². The molecule has 0 amide bonds. The molecule has 26 heavy (non-hydrogen) atoms. The second-order valence-corrected chi connectivity index (χ2v) is 7.19. The summed E-state index contributed by atoms with van der Waals surface area (Å²) in [7, 11) is 3.56. The zero-order valence-corrected chi connectivity index (χ0v) is 15.8. The van der Waals surface area contributed by atoms with Crippen molar-refractivity contribution in [1.82, 2.24) is 14.8 Å². The number of hydrogen-bond donors (Lipinski definition) is 0. The Balaban J connectivity index is 1.75. The molecule has 3 rings (SSSR count). The fraction of sp³-hybridized carbons (Fsp3) is 0.250. The van der Waals surface area contributed by atoms with E-state index in [1.165, 1.54) is 17.3 Å². The maximum atomic E-state index is 9.53. The third-order valence-electron chi connectivity index (χ3n) is 4.12. The second-order valence-electron chi connectivity index (χ2n) is 6.02. The summed E-state index contributed by atoms with van der Waals surface area (Å²) >= 11 is 1.44. The lowest BCUT2D eigenvalue weighted by atomic mass is 10.1. The minimum atomic E-state index is -0.218. The highest BCUT2D eigenvalue weighted by molar-refractivity contribution is 8.00. The topological polar surface area (TPSA) is 63.7 Å². The average molecular weight is 364 g/mol. The van der Waals surface area contributed by atoms with Crippen molar-refractivity contribution in [1.29, 1.82) is 5.26 Å². The molecule has 0 aliphatic rings. The maximum Gasteiger partial charge on any atom is 0.192 e. The van der Waals surface area contributed by atoms with Crippen LogP contribution in [0.5, 0.6) is 5.75 Å². The van der Waals surface area contributed by atoms with Gasteiger partial charge in [0.15, 0.2) is 11.0 Å². The van der Waals surface area contributed by atoms with Crippen molar-refractivity contribution in [2.24, 2.45) is 7.05 Å². The Labute approximate surface area is 157 Å². The highest BCUT2D eigenvalue weighted by Crippen LogP contribution is 2.28. The van der Waals surface area contributed by atoms with Crippen molar-refractivity contribution in [2.45, 2.75) is 23.8 Å². The van der Waals surface area contributed by atoms with E-state index in [1.807, 2.05) is 35.9 Å². The van der Waals surface area contributed by atoms with Crippen molar-refractivity contribution in [3.05, 3.63) is 59.7 Å². The number of methoxy groups -OCH3 is 1. The summed E-state index contributed by atoms with van der Waals surface area (Å²) in [6, 6.07) is 18.3. The first-order chi connectivity index (χ1) is 12.6. The van der Waals surface area contributed by atoms with Crippen LogP contribution >= 0.6 is 11.8 Å². The first-order valence-corrected chi connectivity index (χ1v) is 9.14. The van der Waals surface area contributed by atoms with Crippen LogP contribution in [0.2, 0.25) is 0 Å². The van der Waals surface area contributed by atoms with Gasteiger partial charge in [0.05, 0.1) is 13.2 Å². The van der Waals surface area contributed by atoms with Gasteiger partial charge in [-0.1, -0.05) is 41.6 Å². The van der Waals surface area contributed by atoms with Crippen LogP contribution in [0.3, 0.4) is 0 Å². The molecule has 1 unspecified atom stereocenters. The molecule has 0 aliphatic carbocycles. The molecule has 1 aromatic heterocycles. The van der Waals surface area contributed by atoms with Gasteiger partial charge >= 0.3 is 0 Å². The lowest BCUT2D eigenvalue weighted by Gasteiger charge is -2.09. The fourth-order valence-corrected chi connectivity index (χ4v) is 3.50. The molecule has 132 valence electrons. The van der Waals surface area contributed by atoms with Crippen LogP contribution in [-0.2, 0) is 13.5 Å².